The van der Waals surface area contributed by atoms with Crippen LogP contribution >= 0.6 is 0 Å². The Morgan fingerprint density at radius 1 is 1.47 bits per heavy atom. The minimum atomic E-state index is -0.880. The molecular weight excluding hydrogens is 244 g/mol. The van der Waals surface area contributed by atoms with Crippen LogP contribution in [0.4, 0.5) is 0 Å². The lowest BCUT2D eigenvalue weighted by Gasteiger charge is -2.17. The van der Waals surface area contributed by atoms with Gasteiger partial charge in [-0.15, -0.1) is 0 Å². The van der Waals surface area contributed by atoms with Crippen molar-refractivity contribution in [2.75, 3.05) is 0 Å². The van der Waals surface area contributed by atoms with Crippen LogP contribution in [0, 0.1) is 5.92 Å². The molecule has 0 spiro atoms. The van der Waals surface area contributed by atoms with Crippen LogP contribution in [0.3, 0.4) is 0 Å². The Kier molecular flexibility index (Phi) is 3.88. The van der Waals surface area contributed by atoms with Crippen LogP contribution in [0.1, 0.15) is 32.6 Å². The number of carbonyl (C=O) groups is 2. The number of carbonyl (C=O) groups excluding carboxylic acids is 1. The Labute approximate surface area is 112 Å². The third-order valence-electron chi connectivity index (χ3n) is 3.73. The molecule has 0 radical (unpaired) electrons. The average molecular weight is 262 g/mol. The third kappa shape index (κ3) is 2.95. The zero-order valence-electron chi connectivity index (χ0n) is 11.0. The van der Waals surface area contributed by atoms with E-state index in [0.29, 0.717) is 30.4 Å². The molecular formula is C15H18O4. The number of carboxylic acids is 1. The summed E-state index contributed by atoms with van der Waals surface area (Å²) in [7, 11) is 0. The van der Waals surface area contributed by atoms with Crippen molar-refractivity contribution < 1.29 is 19.4 Å². The monoisotopic (exact) mass is 262 g/mol. The molecule has 1 heterocycles. The largest absolute Gasteiger partial charge is 0.478 e. The van der Waals surface area contributed by atoms with E-state index < -0.39 is 5.97 Å². The van der Waals surface area contributed by atoms with Crippen LogP contribution in [0.15, 0.2) is 35.5 Å². The average Bonchev–Trinajstić information content (AvgIpc) is 2.60. The van der Waals surface area contributed by atoms with Crippen molar-refractivity contribution in [1.82, 2.24) is 0 Å². The third-order valence-corrected chi connectivity index (χ3v) is 3.73. The summed E-state index contributed by atoms with van der Waals surface area (Å²) in [6.07, 6.45) is 5.98. The maximum absolute atomic E-state index is 11.6. The van der Waals surface area contributed by atoms with E-state index in [1.165, 1.54) is 0 Å². The lowest BCUT2D eigenvalue weighted by molar-refractivity contribution is -0.137. The quantitative estimate of drug-likeness (QED) is 0.448. The van der Waals surface area contributed by atoms with E-state index in [1.54, 1.807) is 6.08 Å². The Hall–Kier alpha value is -1.84. The smallest absolute Gasteiger partial charge is 0.334 e. The summed E-state index contributed by atoms with van der Waals surface area (Å²) in [4.78, 5) is 22.7. The van der Waals surface area contributed by atoms with Gasteiger partial charge in [-0.25, -0.2) is 9.59 Å². The van der Waals surface area contributed by atoms with Gasteiger partial charge >= 0.3 is 11.9 Å². The predicted molar refractivity (Wildman–Crippen MR) is 70.5 cm³/mol. The Morgan fingerprint density at radius 3 is 2.89 bits per heavy atom. The van der Waals surface area contributed by atoms with E-state index in [1.807, 2.05) is 13.0 Å². The van der Waals surface area contributed by atoms with Gasteiger partial charge in [-0.05, 0) is 38.7 Å². The molecule has 2 rings (SSSR count). The number of hydrogen-bond donors (Lipinski definition) is 1. The molecule has 0 bridgehead atoms. The summed E-state index contributed by atoms with van der Waals surface area (Å²) in [5, 5.41) is 9.14. The zero-order chi connectivity index (χ0) is 14.0. The minimum Gasteiger partial charge on any atom is -0.478 e. The van der Waals surface area contributed by atoms with Crippen molar-refractivity contribution in [3.05, 3.63) is 35.5 Å². The lowest BCUT2D eigenvalue weighted by atomic mass is 9.88. The van der Waals surface area contributed by atoms with Gasteiger partial charge in [0.2, 0.25) is 0 Å². The number of rotatable bonds is 1. The van der Waals surface area contributed by atoms with E-state index in [-0.39, 0.29) is 18.0 Å². The predicted octanol–water partition coefficient (Wildman–Crippen LogP) is 2.62. The molecule has 0 aromatic carbocycles. The maximum Gasteiger partial charge on any atom is 0.334 e. The summed E-state index contributed by atoms with van der Waals surface area (Å²) in [5.41, 5.74) is 1.99. The van der Waals surface area contributed by atoms with Crippen molar-refractivity contribution in [1.29, 1.82) is 0 Å². The van der Waals surface area contributed by atoms with Crippen molar-refractivity contribution in [2.24, 2.45) is 5.92 Å². The summed E-state index contributed by atoms with van der Waals surface area (Å²) < 4.78 is 5.29. The SMILES string of the molecule is C=C1C(=O)OC2C=C(C)CCC=C(C(=O)O)CCC12. The van der Waals surface area contributed by atoms with Gasteiger partial charge in [0.1, 0.15) is 6.10 Å². The second kappa shape index (κ2) is 5.43. The van der Waals surface area contributed by atoms with Gasteiger partial charge in [0.05, 0.1) is 0 Å². The van der Waals surface area contributed by atoms with Crippen molar-refractivity contribution in [3.8, 4) is 0 Å². The van der Waals surface area contributed by atoms with Gasteiger partial charge in [0.15, 0.2) is 0 Å². The second-order valence-electron chi connectivity index (χ2n) is 5.13. The molecule has 2 unspecified atom stereocenters. The topological polar surface area (TPSA) is 63.6 Å². The molecule has 2 aliphatic rings. The number of hydrogen-bond acceptors (Lipinski definition) is 3. The molecule has 0 amide bonds. The summed E-state index contributed by atoms with van der Waals surface area (Å²) in [5.74, 6) is -1.35. The van der Waals surface area contributed by atoms with Gasteiger partial charge in [-0.3, -0.25) is 0 Å². The second-order valence-corrected chi connectivity index (χ2v) is 5.13. The summed E-state index contributed by atoms with van der Waals surface area (Å²) >= 11 is 0. The highest BCUT2D eigenvalue weighted by Gasteiger charge is 2.37. The highest BCUT2D eigenvalue weighted by atomic mass is 16.5. The van der Waals surface area contributed by atoms with Gasteiger partial charge in [-0.2, -0.15) is 0 Å². The molecule has 4 heteroatoms. The lowest BCUT2D eigenvalue weighted by Crippen LogP contribution is -2.16. The molecule has 2 atom stereocenters. The van der Waals surface area contributed by atoms with Crippen molar-refractivity contribution in [3.63, 3.8) is 0 Å². The van der Waals surface area contributed by atoms with Gasteiger partial charge < -0.3 is 9.84 Å². The van der Waals surface area contributed by atoms with E-state index in [9.17, 15) is 9.59 Å². The standard InChI is InChI=1S/C15H18O4/c1-9-4-3-5-11(14(16)17)6-7-12-10(2)15(18)19-13(12)8-9/h5,8,12-13H,2-4,6-7H2,1H3,(H,16,17). The van der Waals surface area contributed by atoms with Crippen LogP contribution in [0.2, 0.25) is 0 Å². The van der Waals surface area contributed by atoms with E-state index in [4.69, 9.17) is 9.84 Å². The number of allylic oxidation sites excluding steroid dienone is 2. The fraction of sp³-hybridized carbons (Fsp3) is 0.467. The Balaban J connectivity index is 2.26. The number of esters is 1. The fourth-order valence-corrected chi connectivity index (χ4v) is 2.56. The number of ether oxygens (including phenoxy) is 1. The molecule has 0 aromatic heterocycles. The highest BCUT2D eigenvalue weighted by Crippen LogP contribution is 2.34. The molecule has 0 saturated carbocycles. The maximum atomic E-state index is 11.6. The first-order valence-electron chi connectivity index (χ1n) is 6.48. The highest BCUT2D eigenvalue weighted by molar-refractivity contribution is 5.91. The van der Waals surface area contributed by atoms with Crippen LogP contribution < -0.4 is 0 Å². The molecule has 19 heavy (non-hydrogen) atoms. The van der Waals surface area contributed by atoms with E-state index >= 15 is 0 Å². The van der Waals surface area contributed by atoms with Gasteiger partial charge in [-0.1, -0.05) is 18.2 Å². The van der Waals surface area contributed by atoms with Crippen molar-refractivity contribution >= 4 is 11.9 Å². The number of aliphatic carboxylic acids is 1. The first kappa shape index (κ1) is 13.6. The Morgan fingerprint density at radius 2 is 2.21 bits per heavy atom. The fourth-order valence-electron chi connectivity index (χ4n) is 2.56. The normalized spacial score (nSPS) is 28.1. The molecule has 1 aliphatic heterocycles. The van der Waals surface area contributed by atoms with E-state index in [2.05, 4.69) is 6.58 Å². The minimum absolute atomic E-state index is 0.108. The zero-order valence-corrected chi connectivity index (χ0v) is 11.0. The van der Waals surface area contributed by atoms with Gasteiger partial charge in [0.25, 0.3) is 0 Å². The van der Waals surface area contributed by atoms with E-state index in [0.717, 1.165) is 12.0 Å². The van der Waals surface area contributed by atoms with Crippen molar-refractivity contribution in [2.45, 2.75) is 38.7 Å². The molecule has 1 N–H and O–H groups in total. The van der Waals surface area contributed by atoms with Crippen LogP contribution in [-0.2, 0) is 14.3 Å². The van der Waals surface area contributed by atoms with Crippen LogP contribution in [0.5, 0.6) is 0 Å². The number of carboxylic acid groups (broad SMARTS) is 1. The summed E-state index contributed by atoms with van der Waals surface area (Å²) in [6.45, 7) is 5.74. The molecule has 1 aliphatic carbocycles. The molecule has 0 aromatic rings. The molecule has 1 saturated heterocycles. The van der Waals surface area contributed by atoms with Crippen LogP contribution in [0.25, 0.3) is 0 Å². The number of fused-ring (bicyclic) bond motifs is 1. The van der Waals surface area contributed by atoms with Crippen LogP contribution in [-0.4, -0.2) is 23.1 Å². The molecule has 4 nitrogen and oxygen atoms in total. The summed E-state index contributed by atoms with van der Waals surface area (Å²) in [6, 6.07) is 0. The first-order valence-corrected chi connectivity index (χ1v) is 6.48. The molecule has 1 fully saturated rings. The molecule has 102 valence electrons. The Bertz CT molecular complexity index is 484. The van der Waals surface area contributed by atoms with Gasteiger partial charge in [0, 0.05) is 17.1 Å². The first-order chi connectivity index (χ1) is 8.99.